The molecule has 0 saturated carbocycles. The van der Waals surface area contributed by atoms with E-state index in [0.717, 1.165) is 5.56 Å². The largest absolute Gasteiger partial charge is 0.507 e. The molecule has 0 aromatic heterocycles. The summed E-state index contributed by atoms with van der Waals surface area (Å²) in [7, 11) is 0. The molecule has 64 valence electrons. The van der Waals surface area contributed by atoms with Crippen LogP contribution >= 0.6 is 15.9 Å². The lowest BCUT2D eigenvalue weighted by atomic mass is 10.1. The van der Waals surface area contributed by atoms with E-state index in [0.29, 0.717) is 4.47 Å². The molecule has 0 fully saturated rings. The van der Waals surface area contributed by atoms with Crippen molar-refractivity contribution in [3.8, 4) is 5.75 Å². The molecule has 0 aliphatic carbocycles. The van der Waals surface area contributed by atoms with E-state index in [4.69, 9.17) is 5.73 Å². The molecule has 1 rings (SSSR count). The van der Waals surface area contributed by atoms with E-state index in [1.165, 1.54) is 0 Å². The molecule has 0 amide bonds. The highest BCUT2D eigenvalue weighted by atomic mass is 79.9. The molecule has 0 radical (unpaired) electrons. The van der Waals surface area contributed by atoms with Crippen LogP contribution in [0.25, 0.3) is 0 Å². The Bertz CT molecular complexity index is 299. The normalized spacial score (nSPS) is 12.5. The molecule has 2 nitrogen and oxygen atoms in total. The maximum absolute atomic E-state index is 9.31. The van der Waals surface area contributed by atoms with Crippen LogP contribution in [0.2, 0.25) is 0 Å². The Morgan fingerprint density at radius 3 is 2.83 bits per heavy atom. The fourth-order valence-electron chi connectivity index (χ4n) is 0.922. The number of aromatic hydroxyl groups is 1. The summed E-state index contributed by atoms with van der Waals surface area (Å²) in [5.74, 6) is 0.199. The second kappa shape index (κ2) is 3.74. The Kier molecular flexibility index (Phi) is 2.89. The third-order valence-corrected chi connectivity index (χ3v) is 2.49. The molecule has 3 N–H and O–H groups in total. The van der Waals surface area contributed by atoms with Crippen molar-refractivity contribution in [2.75, 3.05) is 0 Å². The summed E-state index contributed by atoms with van der Waals surface area (Å²) < 4.78 is 0.636. The zero-order valence-electron chi connectivity index (χ0n) is 6.50. The van der Waals surface area contributed by atoms with Crippen LogP contribution in [0.15, 0.2) is 35.3 Å². The summed E-state index contributed by atoms with van der Waals surface area (Å²) in [6.07, 6.45) is 1.62. The first-order valence-corrected chi connectivity index (χ1v) is 4.31. The molecule has 0 unspecified atom stereocenters. The topological polar surface area (TPSA) is 46.2 Å². The van der Waals surface area contributed by atoms with Gasteiger partial charge >= 0.3 is 0 Å². The SMILES string of the molecule is C=C[C@H](N)c1cccc(O)c1Br. The van der Waals surface area contributed by atoms with Crippen molar-refractivity contribution in [1.29, 1.82) is 0 Å². The van der Waals surface area contributed by atoms with Crippen molar-refractivity contribution < 1.29 is 5.11 Å². The van der Waals surface area contributed by atoms with E-state index in [-0.39, 0.29) is 11.8 Å². The monoisotopic (exact) mass is 227 g/mol. The van der Waals surface area contributed by atoms with Gasteiger partial charge in [0.25, 0.3) is 0 Å². The minimum absolute atomic E-state index is 0.199. The molecule has 0 aliphatic heterocycles. The van der Waals surface area contributed by atoms with Gasteiger partial charge in [-0.25, -0.2) is 0 Å². The highest BCUT2D eigenvalue weighted by Gasteiger charge is 2.08. The molecule has 3 heteroatoms. The number of hydrogen-bond donors (Lipinski definition) is 2. The van der Waals surface area contributed by atoms with Gasteiger partial charge in [-0.15, -0.1) is 6.58 Å². The summed E-state index contributed by atoms with van der Waals surface area (Å²) in [5.41, 5.74) is 6.54. The molecule has 1 aromatic rings. The van der Waals surface area contributed by atoms with Gasteiger partial charge in [0.05, 0.1) is 4.47 Å². The lowest BCUT2D eigenvalue weighted by Gasteiger charge is -2.09. The molecule has 0 heterocycles. The molecule has 1 aromatic carbocycles. The molecule has 12 heavy (non-hydrogen) atoms. The highest BCUT2D eigenvalue weighted by molar-refractivity contribution is 9.10. The van der Waals surface area contributed by atoms with Gasteiger partial charge in [-0.3, -0.25) is 0 Å². The summed E-state index contributed by atoms with van der Waals surface area (Å²) in [4.78, 5) is 0. The zero-order chi connectivity index (χ0) is 9.14. The van der Waals surface area contributed by atoms with Gasteiger partial charge < -0.3 is 10.8 Å². The summed E-state index contributed by atoms with van der Waals surface area (Å²) in [6.45, 7) is 3.58. The number of hydrogen-bond acceptors (Lipinski definition) is 2. The second-order valence-electron chi connectivity index (χ2n) is 2.44. The standard InChI is InChI=1S/C9H10BrNO/c1-2-7(11)6-4-3-5-8(12)9(6)10/h2-5,7,12H,1,11H2/t7-/m0/s1. The van der Waals surface area contributed by atoms with Gasteiger partial charge in [-0.1, -0.05) is 18.2 Å². The lowest BCUT2D eigenvalue weighted by Crippen LogP contribution is -2.06. The number of benzene rings is 1. The van der Waals surface area contributed by atoms with Crippen molar-refractivity contribution in [2.45, 2.75) is 6.04 Å². The zero-order valence-corrected chi connectivity index (χ0v) is 8.08. The van der Waals surface area contributed by atoms with Gasteiger partial charge in [0.2, 0.25) is 0 Å². The second-order valence-corrected chi connectivity index (χ2v) is 3.23. The van der Waals surface area contributed by atoms with Crippen LogP contribution in [0.5, 0.6) is 5.75 Å². The molecule has 0 saturated heterocycles. The van der Waals surface area contributed by atoms with E-state index >= 15 is 0 Å². The van der Waals surface area contributed by atoms with Gasteiger partial charge in [0.1, 0.15) is 5.75 Å². The third-order valence-electron chi connectivity index (χ3n) is 1.62. The lowest BCUT2D eigenvalue weighted by molar-refractivity contribution is 0.470. The van der Waals surface area contributed by atoms with E-state index in [1.54, 1.807) is 18.2 Å². The van der Waals surface area contributed by atoms with E-state index in [1.807, 2.05) is 6.07 Å². The quantitative estimate of drug-likeness (QED) is 0.763. The Labute approximate surface area is 79.8 Å². The van der Waals surface area contributed by atoms with Gasteiger partial charge in [0, 0.05) is 6.04 Å². The molecule has 1 atom stereocenters. The van der Waals surface area contributed by atoms with Crippen LogP contribution in [0.1, 0.15) is 11.6 Å². The Balaban J connectivity index is 3.15. The number of nitrogens with two attached hydrogens (primary N) is 1. The number of phenols is 1. The van der Waals surface area contributed by atoms with E-state index in [9.17, 15) is 5.11 Å². The number of halogens is 1. The van der Waals surface area contributed by atoms with Crippen LogP contribution < -0.4 is 5.73 Å². The maximum atomic E-state index is 9.31. The Morgan fingerprint density at radius 1 is 1.58 bits per heavy atom. The first kappa shape index (κ1) is 9.29. The minimum Gasteiger partial charge on any atom is -0.507 e. The average molecular weight is 228 g/mol. The first-order chi connectivity index (χ1) is 5.66. The Hall–Kier alpha value is -0.800. The fourth-order valence-corrected chi connectivity index (χ4v) is 1.45. The predicted molar refractivity (Wildman–Crippen MR) is 52.9 cm³/mol. The average Bonchev–Trinajstić information content (AvgIpc) is 2.08. The van der Waals surface area contributed by atoms with Crippen molar-refractivity contribution in [1.82, 2.24) is 0 Å². The Morgan fingerprint density at radius 2 is 2.25 bits per heavy atom. The predicted octanol–water partition coefficient (Wildman–Crippen LogP) is 2.34. The molecular formula is C9H10BrNO. The van der Waals surface area contributed by atoms with Crippen LogP contribution in [0.3, 0.4) is 0 Å². The third kappa shape index (κ3) is 1.68. The van der Waals surface area contributed by atoms with Crippen LogP contribution in [0, 0.1) is 0 Å². The van der Waals surface area contributed by atoms with Crippen molar-refractivity contribution in [2.24, 2.45) is 5.73 Å². The maximum Gasteiger partial charge on any atom is 0.130 e. The molecular weight excluding hydrogens is 218 g/mol. The highest BCUT2D eigenvalue weighted by Crippen LogP contribution is 2.30. The summed E-state index contributed by atoms with van der Waals surface area (Å²) >= 11 is 3.24. The fraction of sp³-hybridized carbons (Fsp3) is 0.111. The van der Waals surface area contributed by atoms with Gasteiger partial charge in [-0.2, -0.15) is 0 Å². The first-order valence-electron chi connectivity index (χ1n) is 3.52. The summed E-state index contributed by atoms with van der Waals surface area (Å²) in [5, 5.41) is 9.31. The molecule has 0 bridgehead atoms. The smallest absolute Gasteiger partial charge is 0.130 e. The molecule has 0 spiro atoms. The van der Waals surface area contributed by atoms with E-state index < -0.39 is 0 Å². The van der Waals surface area contributed by atoms with Crippen LogP contribution in [0.4, 0.5) is 0 Å². The van der Waals surface area contributed by atoms with Crippen molar-refractivity contribution in [3.05, 3.63) is 40.9 Å². The summed E-state index contributed by atoms with van der Waals surface area (Å²) in [6, 6.07) is 4.95. The van der Waals surface area contributed by atoms with E-state index in [2.05, 4.69) is 22.5 Å². The number of rotatable bonds is 2. The van der Waals surface area contributed by atoms with Crippen molar-refractivity contribution >= 4 is 15.9 Å². The van der Waals surface area contributed by atoms with Crippen LogP contribution in [-0.4, -0.2) is 5.11 Å². The number of phenolic OH excluding ortho intramolecular Hbond substituents is 1. The van der Waals surface area contributed by atoms with Crippen LogP contribution in [-0.2, 0) is 0 Å². The van der Waals surface area contributed by atoms with Gasteiger partial charge in [0.15, 0.2) is 0 Å². The van der Waals surface area contributed by atoms with Crippen molar-refractivity contribution in [3.63, 3.8) is 0 Å². The minimum atomic E-state index is -0.244. The van der Waals surface area contributed by atoms with Gasteiger partial charge in [-0.05, 0) is 27.6 Å². The molecule has 0 aliphatic rings.